The van der Waals surface area contributed by atoms with E-state index in [-0.39, 0.29) is 30.3 Å². The highest BCUT2D eigenvalue weighted by molar-refractivity contribution is 5.90. The van der Waals surface area contributed by atoms with Gasteiger partial charge in [-0.1, -0.05) is 38.8 Å². The fourth-order valence-corrected chi connectivity index (χ4v) is 9.35. The predicted octanol–water partition coefficient (Wildman–Crippen LogP) is 1.38. The number of aliphatic carboxylic acids is 1. The summed E-state index contributed by atoms with van der Waals surface area (Å²) in [7, 11) is 1.36. The van der Waals surface area contributed by atoms with Crippen molar-refractivity contribution in [2.24, 2.45) is 45.8 Å². The van der Waals surface area contributed by atoms with Crippen LogP contribution in [0.1, 0.15) is 46.5 Å². The predicted molar refractivity (Wildman–Crippen MR) is 127 cm³/mol. The van der Waals surface area contributed by atoms with Gasteiger partial charge in [-0.3, -0.25) is 4.79 Å². The molecule has 4 N–H and O–H groups in total. The molecule has 4 fully saturated rings. The second kappa shape index (κ2) is 8.85. The van der Waals surface area contributed by atoms with E-state index in [4.69, 9.17) is 14.2 Å². The number of carboxylic acid groups (broad SMARTS) is 1. The largest absolute Gasteiger partial charge is 0.481 e. The lowest BCUT2D eigenvalue weighted by atomic mass is 9.43. The highest BCUT2D eigenvalue weighted by Gasteiger charge is 2.84. The lowest BCUT2D eigenvalue weighted by Gasteiger charge is -2.58. The van der Waals surface area contributed by atoms with E-state index in [2.05, 4.69) is 13.0 Å². The normalized spacial score (nSPS) is 51.3. The van der Waals surface area contributed by atoms with Gasteiger partial charge in [0.1, 0.15) is 36.1 Å². The summed E-state index contributed by atoms with van der Waals surface area (Å²) in [5.41, 5.74) is -2.47. The van der Waals surface area contributed by atoms with Crippen molar-refractivity contribution >= 4 is 12.3 Å². The van der Waals surface area contributed by atoms with Crippen LogP contribution in [-0.2, 0) is 23.8 Å². The first kappa shape index (κ1) is 26.3. The molecule has 0 aromatic heterocycles. The van der Waals surface area contributed by atoms with Crippen LogP contribution in [0.25, 0.3) is 0 Å². The van der Waals surface area contributed by atoms with Crippen LogP contribution in [0, 0.1) is 45.8 Å². The summed E-state index contributed by atoms with van der Waals surface area (Å²) in [5, 5.41) is 42.1. The van der Waals surface area contributed by atoms with Crippen molar-refractivity contribution in [1.82, 2.24) is 0 Å². The minimum Gasteiger partial charge on any atom is -0.481 e. The van der Waals surface area contributed by atoms with Crippen LogP contribution in [0.4, 0.5) is 0 Å². The number of aldehydes is 1. The van der Waals surface area contributed by atoms with Crippen molar-refractivity contribution in [2.45, 2.75) is 77.2 Å². The minimum absolute atomic E-state index is 0.0150. The molecule has 9 heteroatoms. The van der Waals surface area contributed by atoms with Crippen molar-refractivity contribution in [2.75, 3.05) is 20.3 Å². The highest BCUT2D eigenvalue weighted by Crippen LogP contribution is 2.82. The third kappa shape index (κ3) is 2.98. The maximum absolute atomic E-state index is 13.5. The van der Waals surface area contributed by atoms with Gasteiger partial charge in [-0.05, 0) is 48.9 Å². The number of ether oxygens (including phenoxy) is 3. The number of hydrogen-bond donors (Lipinski definition) is 4. The molecule has 5 aliphatic rings. The summed E-state index contributed by atoms with van der Waals surface area (Å²) in [6.07, 6.45) is 0.0714. The van der Waals surface area contributed by atoms with E-state index in [0.717, 1.165) is 24.7 Å². The fourth-order valence-electron chi connectivity index (χ4n) is 9.35. The van der Waals surface area contributed by atoms with E-state index in [1.54, 1.807) is 0 Å². The molecule has 0 aromatic rings. The van der Waals surface area contributed by atoms with Crippen LogP contribution in [0.5, 0.6) is 0 Å². The Hall–Kier alpha value is -1.36. The maximum atomic E-state index is 13.5. The van der Waals surface area contributed by atoms with Gasteiger partial charge in [0.15, 0.2) is 6.29 Å². The van der Waals surface area contributed by atoms with Crippen molar-refractivity contribution in [3.05, 3.63) is 11.6 Å². The van der Waals surface area contributed by atoms with Gasteiger partial charge in [0.2, 0.25) is 0 Å². The molecule has 36 heavy (non-hydrogen) atoms. The topological polar surface area (TPSA) is 143 Å². The van der Waals surface area contributed by atoms with E-state index >= 15 is 0 Å². The Balaban J connectivity index is 1.56. The Labute approximate surface area is 211 Å². The Morgan fingerprint density at radius 2 is 1.97 bits per heavy atom. The van der Waals surface area contributed by atoms with Gasteiger partial charge in [0.25, 0.3) is 0 Å². The number of aliphatic hydroxyl groups excluding tert-OH is 3. The molecule has 4 aliphatic carbocycles. The molecule has 1 saturated heterocycles. The second-order valence-corrected chi connectivity index (χ2v) is 12.2. The van der Waals surface area contributed by atoms with Crippen LogP contribution < -0.4 is 0 Å². The number of fused-ring (bicyclic) bond motifs is 2. The van der Waals surface area contributed by atoms with Crippen LogP contribution in [0.3, 0.4) is 0 Å². The number of hydrogen-bond acceptors (Lipinski definition) is 8. The van der Waals surface area contributed by atoms with E-state index in [0.29, 0.717) is 18.8 Å². The standard InChI is InChI=1S/C27H40O9/c1-13(2)18-7-15-8-25(11-29)17-6-5-14(3)16(17)9-26(15,27(18,25)24(32)33)12-35-23-21(31)20(30)22(34-4)19(10-28)36-23/h7,11,13-17,19-23,28,30-31H,5-6,8-10,12H2,1-4H3,(H,32,33)/t14-,15?,16?,17?,19-,20+,21+,22-,23-,25+,26+,27+/m1/s1. The molecule has 1 heterocycles. The number of carbonyl (C=O) groups is 2. The molecule has 0 aromatic carbocycles. The van der Waals surface area contributed by atoms with Crippen LogP contribution >= 0.6 is 0 Å². The van der Waals surface area contributed by atoms with Crippen LogP contribution in [0.15, 0.2) is 11.6 Å². The zero-order chi connectivity index (χ0) is 26.2. The number of carbonyl (C=O) groups excluding carboxylic acids is 1. The van der Waals surface area contributed by atoms with Gasteiger partial charge in [-0.15, -0.1) is 0 Å². The first-order valence-electron chi connectivity index (χ1n) is 13.2. The molecule has 3 unspecified atom stereocenters. The fraction of sp³-hybridized carbons (Fsp3) is 0.852. The molecule has 3 saturated carbocycles. The van der Waals surface area contributed by atoms with Gasteiger partial charge in [0.05, 0.1) is 18.6 Å². The summed E-state index contributed by atoms with van der Waals surface area (Å²) < 4.78 is 17.2. The lowest BCUT2D eigenvalue weighted by molar-refractivity contribution is -0.313. The Morgan fingerprint density at radius 3 is 2.56 bits per heavy atom. The van der Waals surface area contributed by atoms with E-state index in [9.17, 15) is 30.0 Å². The Kier molecular flexibility index (Phi) is 6.45. The van der Waals surface area contributed by atoms with Gasteiger partial charge in [0, 0.05) is 12.5 Å². The zero-order valence-corrected chi connectivity index (χ0v) is 21.5. The first-order valence-corrected chi connectivity index (χ1v) is 13.2. The summed E-state index contributed by atoms with van der Waals surface area (Å²) in [6, 6.07) is 0. The Bertz CT molecular complexity index is 932. The number of aliphatic hydroxyl groups is 3. The molecule has 1 aliphatic heterocycles. The summed E-state index contributed by atoms with van der Waals surface area (Å²) in [6.45, 7) is 5.68. The van der Waals surface area contributed by atoms with Crippen molar-refractivity contribution < 1.29 is 44.2 Å². The molecule has 9 nitrogen and oxygen atoms in total. The van der Waals surface area contributed by atoms with Crippen molar-refractivity contribution in [3.8, 4) is 0 Å². The van der Waals surface area contributed by atoms with E-state index in [1.165, 1.54) is 7.11 Å². The average molecular weight is 509 g/mol. The maximum Gasteiger partial charge on any atom is 0.315 e. The number of carboxylic acids is 1. The summed E-state index contributed by atoms with van der Waals surface area (Å²) in [4.78, 5) is 26.6. The Morgan fingerprint density at radius 1 is 1.25 bits per heavy atom. The highest BCUT2D eigenvalue weighted by atomic mass is 16.7. The van der Waals surface area contributed by atoms with E-state index < -0.39 is 59.5 Å². The van der Waals surface area contributed by atoms with Gasteiger partial charge >= 0.3 is 5.97 Å². The number of allylic oxidation sites excluding steroid dienone is 1. The molecule has 0 amide bonds. The monoisotopic (exact) mass is 508 g/mol. The summed E-state index contributed by atoms with van der Waals surface area (Å²) in [5.74, 6) is -0.586. The second-order valence-electron chi connectivity index (χ2n) is 12.2. The molecule has 0 radical (unpaired) electrons. The van der Waals surface area contributed by atoms with E-state index in [1.807, 2.05) is 13.8 Å². The van der Waals surface area contributed by atoms with Crippen molar-refractivity contribution in [1.29, 1.82) is 0 Å². The quantitative estimate of drug-likeness (QED) is 0.282. The number of methoxy groups -OCH3 is 1. The summed E-state index contributed by atoms with van der Waals surface area (Å²) >= 11 is 0. The van der Waals surface area contributed by atoms with Crippen LogP contribution in [0.2, 0.25) is 0 Å². The van der Waals surface area contributed by atoms with Crippen LogP contribution in [-0.4, -0.2) is 83.7 Å². The van der Waals surface area contributed by atoms with Gasteiger partial charge in [-0.25, -0.2) is 0 Å². The zero-order valence-electron chi connectivity index (χ0n) is 21.5. The number of rotatable bonds is 8. The minimum atomic E-state index is -1.44. The third-order valence-corrected chi connectivity index (χ3v) is 10.7. The third-order valence-electron chi connectivity index (χ3n) is 10.7. The smallest absolute Gasteiger partial charge is 0.315 e. The molecule has 0 spiro atoms. The lowest BCUT2D eigenvalue weighted by Crippen LogP contribution is -2.64. The molecular formula is C27H40O9. The SMILES string of the molecule is CO[C@H]1[C@@H](O)[C@H](O)[C@H](OC[C@@]23CC4C(CC[C@H]4C)[C@@]4(C=O)CC2C=C(C(C)C)[C@@]34C(=O)O)O[C@@H]1CO. The molecule has 5 rings (SSSR count). The molecule has 12 atom stereocenters. The van der Waals surface area contributed by atoms with Gasteiger partial charge in [-0.2, -0.15) is 0 Å². The first-order chi connectivity index (χ1) is 17.1. The van der Waals surface area contributed by atoms with Gasteiger partial charge < -0.3 is 39.4 Å². The molecule has 4 bridgehead atoms. The average Bonchev–Trinajstić information content (AvgIpc) is 3.42. The molecular weight excluding hydrogens is 468 g/mol. The van der Waals surface area contributed by atoms with Crippen molar-refractivity contribution in [3.63, 3.8) is 0 Å². The molecule has 202 valence electrons.